The van der Waals surface area contributed by atoms with Crippen LogP contribution < -0.4 is 21.5 Å². The molecule has 162 valence electrons. The van der Waals surface area contributed by atoms with Gasteiger partial charge in [0.2, 0.25) is 5.91 Å². The molecule has 2 heterocycles. The maximum absolute atomic E-state index is 12.8. The molecule has 3 rings (SSSR count). The molecule has 2 atom stereocenters. The van der Waals surface area contributed by atoms with Gasteiger partial charge >= 0.3 is 0 Å². The predicted octanol–water partition coefficient (Wildman–Crippen LogP) is 3.09. The summed E-state index contributed by atoms with van der Waals surface area (Å²) in [5, 5.41) is 3.31. The molecule has 1 saturated heterocycles. The van der Waals surface area contributed by atoms with Crippen molar-refractivity contribution in [1.82, 2.24) is 10.3 Å². The first-order valence-electron chi connectivity index (χ1n) is 10.3. The molecule has 1 aliphatic heterocycles. The van der Waals surface area contributed by atoms with Crippen LogP contribution in [0.3, 0.4) is 0 Å². The van der Waals surface area contributed by atoms with Gasteiger partial charge in [-0.25, -0.2) is 0 Å². The number of aromatic amines is 1. The van der Waals surface area contributed by atoms with Crippen molar-refractivity contribution in [2.24, 2.45) is 11.7 Å². The fraction of sp³-hybridized carbons (Fsp3) is 0.478. The summed E-state index contributed by atoms with van der Waals surface area (Å²) in [6.07, 6.45) is 0.927. The Morgan fingerprint density at radius 2 is 2.03 bits per heavy atom. The number of rotatable bonds is 6. The number of pyridine rings is 1. The number of nitrogens with one attached hydrogen (secondary N) is 2. The fourth-order valence-corrected chi connectivity index (χ4v) is 5.05. The van der Waals surface area contributed by atoms with E-state index in [9.17, 15) is 9.59 Å². The van der Waals surface area contributed by atoms with Crippen LogP contribution in [0.2, 0.25) is 0 Å². The standard InChI is InChI=1S/C23H31ClN4O2/c1-14-10-15(2)27-22(30)18(14)13-28(17-7-5-6-16(11-17)21(25)29)23(3,4)19-8-9-26-12-20(19)24/h5-7,10-11,19-20,26H,8-9,12-13H2,1-4H3,(H2,25,29)(H,27,30). The maximum Gasteiger partial charge on any atom is 0.253 e. The van der Waals surface area contributed by atoms with Crippen molar-refractivity contribution >= 4 is 23.2 Å². The summed E-state index contributed by atoms with van der Waals surface area (Å²) >= 11 is 6.74. The van der Waals surface area contributed by atoms with E-state index in [1.807, 2.05) is 32.0 Å². The SMILES string of the molecule is Cc1cc(C)c(CN(c2cccc(C(N)=O)c2)C(C)(C)C2CCNCC2Cl)c(=O)[nH]1. The van der Waals surface area contributed by atoms with Crippen LogP contribution in [0.4, 0.5) is 5.69 Å². The predicted molar refractivity (Wildman–Crippen MR) is 122 cm³/mol. The van der Waals surface area contributed by atoms with E-state index >= 15 is 0 Å². The molecule has 0 aliphatic carbocycles. The molecule has 2 aromatic rings. The number of anilines is 1. The molecule has 0 bridgehead atoms. The number of alkyl halides is 1. The van der Waals surface area contributed by atoms with Gasteiger partial charge in [0.05, 0.1) is 5.38 Å². The zero-order valence-corrected chi connectivity index (χ0v) is 18.8. The van der Waals surface area contributed by atoms with Crippen LogP contribution in [0, 0.1) is 19.8 Å². The van der Waals surface area contributed by atoms with E-state index in [4.69, 9.17) is 17.3 Å². The minimum atomic E-state index is -0.476. The van der Waals surface area contributed by atoms with Gasteiger partial charge in [0.1, 0.15) is 0 Å². The van der Waals surface area contributed by atoms with E-state index in [1.165, 1.54) is 0 Å². The highest BCUT2D eigenvalue weighted by atomic mass is 35.5. The quantitative estimate of drug-likeness (QED) is 0.614. The number of nitrogens with zero attached hydrogens (tertiary/aromatic N) is 1. The van der Waals surface area contributed by atoms with Crippen LogP contribution in [0.15, 0.2) is 35.1 Å². The minimum absolute atomic E-state index is 0.0343. The summed E-state index contributed by atoms with van der Waals surface area (Å²) in [5.41, 5.74) is 8.84. The second kappa shape index (κ2) is 8.82. The second-order valence-corrected chi connectivity index (χ2v) is 9.27. The molecule has 30 heavy (non-hydrogen) atoms. The van der Waals surface area contributed by atoms with Crippen molar-refractivity contribution in [2.75, 3.05) is 18.0 Å². The number of primary amides is 1. The number of nitrogens with two attached hydrogens (primary N) is 1. The Morgan fingerprint density at radius 1 is 1.30 bits per heavy atom. The summed E-state index contributed by atoms with van der Waals surface area (Å²) < 4.78 is 0. The summed E-state index contributed by atoms with van der Waals surface area (Å²) in [5.74, 6) is -0.279. The van der Waals surface area contributed by atoms with Gasteiger partial charge in [0.15, 0.2) is 0 Å². The van der Waals surface area contributed by atoms with Gasteiger partial charge in [-0.1, -0.05) is 6.07 Å². The van der Waals surface area contributed by atoms with Crippen molar-refractivity contribution in [3.05, 3.63) is 63.1 Å². The molecule has 0 spiro atoms. The highest BCUT2D eigenvalue weighted by Crippen LogP contribution is 2.38. The van der Waals surface area contributed by atoms with E-state index in [-0.39, 0.29) is 22.4 Å². The van der Waals surface area contributed by atoms with Crippen LogP contribution in [-0.4, -0.2) is 34.9 Å². The van der Waals surface area contributed by atoms with Crippen LogP contribution in [0.25, 0.3) is 0 Å². The molecule has 7 heteroatoms. The number of carbonyl (C=O) groups excluding carboxylic acids is 1. The summed E-state index contributed by atoms with van der Waals surface area (Å²) in [4.78, 5) is 29.7. The van der Waals surface area contributed by atoms with Crippen LogP contribution >= 0.6 is 11.6 Å². The molecule has 1 aliphatic rings. The Kier molecular flexibility index (Phi) is 6.58. The van der Waals surface area contributed by atoms with Gasteiger partial charge in [-0.3, -0.25) is 9.59 Å². The molecule has 1 aromatic carbocycles. The Morgan fingerprint density at radius 3 is 2.67 bits per heavy atom. The van der Waals surface area contributed by atoms with Gasteiger partial charge in [-0.05, 0) is 70.5 Å². The summed E-state index contributed by atoms with van der Waals surface area (Å²) in [7, 11) is 0. The molecule has 6 nitrogen and oxygen atoms in total. The highest BCUT2D eigenvalue weighted by molar-refractivity contribution is 6.21. The largest absolute Gasteiger partial charge is 0.366 e. The maximum atomic E-state index is 12.8. The van der Waals surface area contributed by atoms with E-state index < -0.39 is 5.91 Å². The Labute approximate surface area is 182 Å². The second-order valence-electron chi connectivity index (χ2n) is 8.71. The average Bonchev–Trinajstić information content (AvgIpc) is 2.67. The first-order chi connectivity index (χ1) is 14.1. The third-order valence-corrected chi connectivity index (χ3v) is 6.72. The lowest BCUT2D eigenvalue weighted by Crippen LogP contribution is -2.56. The Bertz CT molecular complexity index is 985. The zero-order valence-electron chi connectivity index (χ0n) is 18.1. The minimum Gasteiger partial charge on any atom is -0.366 e. The van der Waals surface area contributed by atoms with Gasteiger partial charge in [-0.2, -0.15) is 0 Å². The normalized spacial score (nSPS) is 19.5. The molecule has 2 unspecified atom stereocenters. The van der Waals surface area contributed by atoms with Crippen molar-refractivity contribution in [2.45, 2.75) is 51.6 Å². The number of piperidine rings is 1. The molecule has 4 N–H and O–H groups in total. The molecule has 1 amide bonds. The zero-order chi connectivity index (χ0) is 22.1. The molecule has 1 fully saturated rings. The molecular formula is C23H31ClN4O2. The van der Waals surface area contributed by atoms with E-state index in [0.29, 0.717) is 17.7 Å². The number of aromatic nitrogens is 1. The van der Waals surface area contributed by atoms with Gasteiger partial charge in [0.25, 0.3) is 5.56 Å². The number of benzene rings is 1. The van der Waals surface area contributed by atoms with Crippen molar-refractivity contribution in [1.29, 1.82) is 0 Å². The summed E-state index contributed by atoms with van der Waals surface area (Å²) in [6.45, 7) is 10.2. The monoisotopic (exact) mass is 430 g/mol. The Balaban J connectivity index is 2.10. The lowest BCUT2D eigenvalue weighted by molar-refractivity contribution is 0.1000. The van der Waals surface area contributed by atoms with Crippen molar-refractivity contribution in [3.63, 3.8) is 0 Å². The number of H-pyrrole nitrogens is 1. The highest BCUT2D eigenvalue weighted by Gasteiger charge is 2.41. The number of aryl methyl sites for hydroxylation is 2. The molecule has 1 aromatic heterocycles. The summed E-state index contributed by atoms with van der Waals surface area (Å²) in [6, 6.07) is 9.26. The smallest absolute Gasteiger partial charge is 0.253 e. The van der Waals surface area contributed by atoms with E-state index in [2.05, 4.69) is 29.0 Å². The number of amides is 1. The molecule has 0 radical (unpaired) electrons. The lowest BCUT2D eigenvalue weighted by atomic mass is 9.78. The number of carbonyl (C=O) groups is 1. The number of hydrogen-bond acceptors (Lipinski definition) is 4. The third kappa shape index (κ3) is 4.55. The molecule has 0 saturated carbocycles. The first-order valence-corrected chi connectivity index (χ1v) is 10.8. The van der Waals surface area contributed by atoms with Gasteiger partial charge in [-0.15, -0.1) is 11.6 Å². The van der Waals surface area contributed by atoms with Crippen LogP contribution in [0.1, 0.15) is 47.4 Å². The average molecular weight is 431 g/mol. The van der Waals surface area contributed by atoms with Crippen LogP contribution in [0.5, 0.6) is 0 Å². The third-order valence-electron chi connectivity index (χ3n) is 6.26. The van der Waals surface area contributed by atoms with Crippen molar-refractivity contribution in [3.8, 4) is 0 Å². The van der Waals surface area contributed by atoms with Gasteiger partial charge < -0.3 is 20.9 Å². The van der Waals surface area contributed by atoms with Crippen LogP contribution in [-0.2, 0) is 6.54 Å². The number of halogens is 1. The first kappa shape index (κ1) is 22.4. The molecular weight excluding hydrogens is 400 g/mol. The van der Waals surface area contributed by atoms with E-state index in [1.54, 1.807) is 12.1 Å². The van der Waals surface area contributed by atoms with Crippen molar-refractivity contribution < 1.29 is 4.79 Å². The van der Waals surface area contributed by atoms with E-state index in [0.717, 1.165) is 36.5 Å². The fourth-order valence-electron chi connectivity index (χ4n) is 4.51. The number of hydrogen-bond donors (Lipinski definition) is 3. The lowest BCUT2D eigenvalue weighted by Gasteiger charge is -2.49. The van der Waals surface area contributed by atoms with Gasteiger partial charge in [0, 0.05) is 47.1 Å². The topological polar surface area (TPSA) is 91.2 Å². The Hall–Kier alpha value is -2.31.